The van der Waals surface area contributed by atoms with Crippen molar-refractivity contribution >= 4 is 11.6 Å². The van der Waals surface area contributed by atoms with Crippen molar-refractivity contribution in [1.29, 1.82) is 0 Å². The first kappa shape index (κ1) is 13.5. The summed E-state index contributed by atoms with van der Waals surface area (Å²) in [5.41, 5.74) is 1.62. The monoisotopic (exact) mass is 278 g/mol. The molecular formula is C17H23ClO. The molecule has 1 saturated heterocycles. The molecule has 1 aliphatic heterocycles. The number of hydrogen-bond acceptors (Lipinski definition) is 1. The maximum Gasteiger partial charge on any atom is 0.0975 e. The molecular weight excluding hydrogens is 256 g/mol. The third-order valence-electron chi connectivity index (χ3n) is 5.10. The molecule has 0 radical (unpaired) electrons. The van der Waals surface area contributed by atoms with Crippen molar-refractivity contribution in [2.75, 3.05) is 6.61 Å². The summed E-state index contributed by atoms with van der Waals surface area (Å²) < 4.78 is 6.00. The van der Waals surface area contributed by atoms with Gasteiger partial charge < -0.3 is 4.74 Å². The summed E-state index contributed by atoms with van der Waals surface area (Å²) in [6, 6.07) is 8.35. The average Bonchev–Trinajstić information content (AvgIpc) is 3.22. The summed E-state index contributed by atoms with van der Waals surface area (Å²) in [6.07, 6.45) is 7.82. The van der Waals surface area contributed by atoms with E-state index in [0.29, 0.717) is 5.92 Å². The minimum absolute atomic E-state index is 0.213. The van der Waals surface area contributed by atoms with Crippen molar-refractivity contribution in [3.05, 3.63) is 34.9 Å². The Morgan fingerprint density at radius 3 is 2.37 bits per heavy atom. The highest BCUT2D eigenvalue weighted by Crippen LogP contribution is 2.50. The van der Waals surface area contributed by atoms with Gasteiger partial charge in [0, 0.05) is 5.02 Å². The lowest BCUT2D eigenvalue weighted by Crippen LogP contribution is -2.33. The molecule has 104 valence electrons. The minimum atomic E-state index is 0.213. The quantitative estimate of drug-likeness (QED) is 0.719. The van der Waals surface area contributed by atoms with Crippen LogP contribution < -0.4 is 0 Å². The molecule has 0 amide bonds. The Balaban J connectivity index is 1.76. The van der Waals surface area contributed by atoms with Crippen molar-refractivity contribution in [2.24, 2.45) is 11.8 Å². The molecule has 1 nitrogen and oxygen atoms in total. The number of rotatable bonds is 3. The SMILES string of the molecule is CCC1CCCCC(Cc2ccc(Cl)cc2)C12CO2. The van der Waals surface area contributed by atoms with Crippen molar-refractivity contribution in [3.8, 4) is 0 Å². The van der Waals surface area contributed by atoms with Crippen molar-refractivity contribution in [1.82, 2.24) is 0 Å². The van der Waals surface area contributed by atoms with E-state index in [1.165, 1.54) is 37.7 Å². The van der Waals surface area contributed by atoms with Gasteiger partial charge >= 0.3 is 0 Å². The van der Waals surface area contributed by atoms with Crippen LogP contribution in [0.3, 0.4) is 0 Å². The zero-order valence-corrected chi connectivity index (χ0v) is 12.5. The maximum absolute atomic E-state index is 6.00. The lowest BCUT2D eigenvalue weighted by molar-refractivity contribution is 0.140. The Labute approximate surface area is 121 Å². The molecule has 2 aliphatic rings. The molecule has 0 bridgehead atoms. The van der Waals surface area contributed by atoms with E-state index in [1.807, 2.05) is 12.1 Å². The van der Waals surface area contributed by atoms with Gasteiger partial charge in [-0.05, 0) is 48.8 Å². The highest BCUT2D eigenvalue weighted by atomic mass is 35.5. The molecule has 3 atom stereocenters. The van der Waals surface area contributed by atoms with Crippen LogP contribution in [0.4, 0.5) is 0 Å². The predicted molar refractivity (Wildman–Crippen MR) is 79.6 cm³/mol. The van der Waals surface area contributed by atoms with Crippen molar-refractivity contribution < 1.29 is 4.74 Å². The van der Waals surface area contributed by atoms with Crippen LogP contribution in [0.2, 0.25) is 5.02 Å². The molecule has 1 aromatic rings. The van der Waals surface area contributed by atoms with Gasteiger partial charge in [-0.2, -0.15) is 0 Å². The van der Waals surface area contributed by atoms with Gasteiger partial charge in [0.15, 0.2) is 0 Å². The molecule has 19 heavy (non-hydrogen) atoms. The number of hydrogen-bond donors (Lipinski definition) is 0. The van der Waals surface area contributed by atoms with Crippen LogP contribution in [0.15, 0.2) is 24.3 Å². The molecule has 2 fully saturated rings. The van der Waals surface area contributed by atoms with Gasteiger partial charge in [-0.25, -0.2) is 0 Å². The Kier molecular flexibility index (Phi) is 3.86. The number of epoxide rings is 1. The van der Waals surface area contributed by atoms with Gasteiger partial charge in [0.05, 0.1) is 12.2 Å². The highest BCUT2D eigenvalue weighted by Gasteiger charge is 2.56. The molecule has 1 spiro atoms. The van der Waals surface area contributed by atoms with Gasteiger partial charge in [0.25, 0.3) is 0 Å². The second kappa shape index (κ2) is 5.46. The standard InChI is InChI=1S/C17H23ClO/c1-2-14-5-3-4-6-15(17(14)12-19-17)11-13-7-9-16(18)10-8-13/h7-10,14-15H,2-6,11-12H2,1H3. The summed E-state index contributed by atoms with van der Waals surface area (Å²) in [7, 11) is 0. The summed E-state index contributed by atoms with van der Waals surface area (Å²) in [5.74, 6) is 1.47. The average molecular weight is 279 g/mol. The Morgan fingerprint density at radius 2 is 1.79 bits per heavy atom. The van der Waals surface area contributed by atoms with Gasteiger partial charge in [-0.1, -0.05) is 49.9 Å². The first-order chi connectivity index (χ1) is 9.24. The predicted octanol–water partition coefficient (Wildman–Crippen LogP) is 4.87. The van der Waals surface area contributed by atoms with Crippen LogP contribution in [0.1, 0.15) is 44.6 Å². The summed E-state index contributed by atoms with van der Waals surface area (Å²) in [5, 5.41) is 0.827. The highest BCUT2D eigenvalue weighted by molar-refractivity contribution is 6.30. The van der Waals surface area contributed by atoms with Crippen molar-refractivity contribution in [3.63, 3.8) is 0 Å². The fraction of sp³-hybridized carbons (Fsp3) is 0.647. The first-order valence-corrected chi connectivity index (χ1v) is 8.01. The second-order valence-corrected chi connectivity index (χ2v) is 6.60. The van der Waals surface area contributed by atoms with E-state index in [1.54, 1.807) is 0 Å². The topological polar surface area (TPSA) is 12.5 Å². The first-order valence-electron chi connectivity index (χ1n) is 7.63. The van der Waals surface area contributed by atoms with E-state index in [4.69, 9.17) is 16.3 Å². The summed E-state index contributed by atoms with van der Waals surface area (Å²) >= 11 is 5.97. The molecule has 1 aliphatic carbocycles. The largest absolute Gasteiger partial charge is 0.369 e. The molecule has 3 rings (SSSR count). The summed E-state index contributed by atoms with van der Waals surface area (Å²) in [6.45, 7) is 3.31. The third kappa shape index (κ3) is 2.68. The van der Waals surface area contributed by atoms with Crippen LogP contribution in [-0.4, -0.2) is 12.2 Å². The van der Waals surface area contributed by atoms with E-state index in [9.17, 15) is 0 Å². The van der Waals surface area contributed by atoms with Crippen LogP contribution in [-0.2, 0) is 11.2 Å². The van der Waals surface area contributed by atoms with Gasteiger partial charge in [-0.15, -0.1) is 0 Å². The Morgan fingerprint density at radius 1 is 1.16 bits per heavy atom. The van der Waals surface area contributed by atoms with Crippen molar-refractivity contribution in [2.45, 2.75) is 51.0 Å². The minimum Gasteiger partial charge on any atom is -0.369 e. The van der Waals surface area contributed by atoms with Gasteiger partial charge in [0.1, 0.15) is 0 Å². The van der Waals surface area contributed by atoms with E-state index < -0.39 is 0 Å². The fourth-order valence-electron chi connectivity index (χ4n) is 3.89. The van der Waals surface area contributed by atoms with Crippen LogP contribution in [0, 0.1) is 11.8 Å². The molecule has 3 unspecified atom stereocenters. The van der Waals surface area contributed by atoms with Crippen LogP contribution >= 0.6 is 11.6 Å². The Bertz CT molecular complexity index is 421. The smallest absolute Gasteiger partial charge is 0.0975 e. The zero-order valence-electron chi connectivity index (χ0n) is 11.7. The molecule has 2 heteroatoms. The fourth-order valence-corrected chi connectivity index (χ4v) is 4.01. The third-order valence-corrected chi connectivity index (χ3v) is 5.36. The maximum atomic E-state index is 6.00. The van der Waals surface area contributed by atoms with E-state index in [2.05, 4.69) is 19.1 Å². The Hall–Kier alpha value is -0.530. The normalized spacial score (nSPS) is 34.2. The van der Waals surface area contributed by atoms with E-state index in [0.717, 1.165) is 24.0 Å². The number of benzene rings is 1. The number of halogens is 1. The molecule has 1 heterocycles. The zero-order chi connectivity index (χ0) is 13.3. The lowest BCUT2D eigenvalue weighted by atomic mass is 9.76. The van der Waals surface area contributed by atoms with E-state index in [-0.39, 0.29) is 5.60 Å². The molecule has 1 saturated carbocycles. The lowest BCUT2D eigenvalue weighted by Gasteiger charge is -2.28. The summed E-state index contributed by atoms with van der Waals surface area (Å²) in [4.78, 5) is 0. The van der Waals surface area contributed by atoms with Crippen LogP contribution in [0.5, 0.6) is 0 Å². The molecule has 0 aromatic heterocycles. The van der Waals surface area contributed by atoms with Gasteiger partial charge in [0.2, 0.25) is 0 Å². The molecule has 0 N–H and O–H groups in total. The van der Waals surface area contributed by atoms with Crippen LogP contribution in [0.25, 0.3) is 0 Å². The van der Waals surface area contributed by atoms with Gasteiger partial charge in [-0.3, -0.25) is 0 Å². The molecule has 1 aromatic carbocycles. The van der Waals surface area contributed by atoms with E-state index >= 15 is 0 Å². The number of ether oxygens (including phenoxy) is 1. The second-order valence-electron chi connectivity index (χ2n) is 6.16.